The van der Waals surface area contributed by atoms with Crippen LogP contribution in [0.3, 0.4) is 0 Å². The van der Waals surface area contributed by atoms with E-state index in [-0.39, 0.29) is 11.9 Å². The lowest BCUT2D eigenvalue weighted by atomic mass is 10.1. The third-order valence-electron chi connectivity index (χ3n) is 2.60. The zero-order valence-electron chi connectivity index (χ0n) is 10.1. The van der Waals surface area contributed by atoms with Crippen molar-refractivity contribution in [3.05, 3.63) is 34.9 Å². The summed E-state index contributed by atoms with van der Waals surface area (Å²) in [6, 6.07) is 7.04. The molecule has 1 unspecified atom stereocenters. The van der Waals surface area contributed by atoms with Gasteiger partial charge in [-0.3, -0.25) is 9.59 Å². The van der Waals surface area contributed by atoms with Crippen molar-refractivity contribution in [1.82, 2.24) is 0 Å². The van der Waals surface area contributed by atoms with Crippen LogP contribution in [-0.4, -0.2) is 11.8 Å². The van der Waals surface area contributed by atoms with Crippen molar-refractivity contribution in [2.24, 2.45) is 5.92 Å². The highest BCUT2D eigenvalue weighted by molar-refractivity contribution is 6.30. The Kier molecular flexibility index (Phi) is 4.70. The number of Topliss-reactive ketones (excluding diaryl/α,β-unsaturated/α-hetero) is 1. The SMILES string of the molecule is CC(=O)C(C)C(=O)O[C@@H](C)c1ccc(Cl)cc1. The summed E-state index contributed by atoms with van der Waals surface area (Å²) in [7, 11) is 0. The lowest BCUT2D eigenvalue weighted by Gasteiger charge is -2.15. The molecular weight excluding hydrogens is 240 g/mol. The molecule has 0 heterocycles. The summed E-state index contributed by atoms with van der Waals surface area (Å²) in [6.07, 6.45) is -0.387. The van der Waals surface area contributed by atoms with E-state index in [9.17, 15) is 9.59 Å². The molecule has 0 bridgehead atoms. The van der Waals surface area contributed by atoms with Gasteiger partial charge < -0.3 is 4.74 Å². The van der Waals surface area contributed by atoms with Gasteiger partial charge in [-0.1, -0.05) is 23.7 Å². The third-order valence-corrected chi connectivity index (χ3v) is 2.85. The Hall–Kier alpha value is -1.35. The van der Waals surface area contributed by atoms with Gasteiger partial charge in [-0.25, -0.2) is 0 Å². The van der Waals surface area contributed by atoms with Gasteiger partial charge >= 0.3 is 5.97 Å². The summed E-state index contributed by atoms with van der Waals surface area (Å²) in [5.74, 6) is -1.41. The van der Waals surface area contributed by atoms with Gasteiger partial charge in [-0.2, -0.15) is 0 Å². The molecule has 0 saturated carbocycles. The van der Waals surface area contributed by atoms with Gasteiger partial charge in [0, 0.05) is 5.02 Å². The van der Waals surface area contributed by atoms with Gasteiger partial charge in [0.1, 0.15) is 17.8 Å². The number of carbonyl (C=O) groups excluding carboxylic acids is 2. The maximum atomic E-state index is 11.6. The molecule has 2 atom stereocenters. The van der Waals surface area contributed by atoms with E-state index >= 15 is 0 Å². The molecule has 0 N–H and O–H groups in total. The van der Waals surface area contributed by atoms with Crippen LogP contribution in [0.1, 0.15) is 32.4 Å². The summed E-state index contributed by atoms with van der Waals surface area (Å²) in [5.41, 5.74) is 0.846. The fourth-order valence-electron chi connectivity index (χ4n) is 1.24. The fourth-order valence-corrected chi connectivity index (χ4v) is 1.37. The van der Waals surface area contributed by atoms with E-state index in [1.54, 1.807) is 38.1 Å². The van der Waals surface area contributed by atoms with E-state index in [0.717, 1.165) is 5.56 Å². The molecule has 0 aromatic heterocycles. The minimum absolute atomic E-state index is 0.196. The van der Waals surface area contributed by atoms with Crippen molar-refractivity contribution in [2.75, 3.05) is 0 Å². The van der Waals surface area contributed by atoms with E-state index in [0.29, 0.717) is 5.02 Å². The molecule has 0 aliphatic carbocycles. The van der Waals surface area contributed by atoms with Gasteiger partial charge in [0.2, 0.25) is 0 Å². The molecule has 0 aliphatic heterocycles. The molecule has 1 aromatic carbocycles. The van der Waals surface area contributed by atoms with E-state index in [1.165, 1.54) is 6.92 Å². The zero-order chi connectivity index (χ0) is 13.0. The predicted octanol–water partition coefficient (Wildman–Crippen LogP) is 3.17. The molecular formula is C13H15ClO3. The summed E-state index contributed by atoms with van der Waals surface area (Å²) in [5, 5.41) is 0.629. The highest BCUT2D eigenvalue weighted by Gasteiger charge is 2.21. The number of hydrogen-bond donors (Lipinski definition) is 0. The summed E-state index contributed by atoms with van der Waals surface area (Å²) in [6.45, 7) is 4.67. The summed E-state index contributed by atoms with van der Waals surface area (Å²) in [4.78, 5) is 22.6. The van der Waals surface area contributed by atoms with Crippen molar-refractivity contribution < 1.29 is 14.3 Å². The Morgan fingerprint density at radius 1 is 1.18 bits per heavy atom. The van der Waals surface area contributed by atoms with Crippen LogP contribution in [0, 0.1) is 5.92 Å². The number of hydrogen-bond acceptors (Lipinski definition) is 3. The number of halogens is 1. The van der Waals surface area contributed by atoms with Crippen LogP contribution in [0.25, 0.3) is 0 Å². The van der Waals surface area contributed by atoms with Crippen molar-refractivity contribution >= 4 is 23.4 Å². The summed E-state index contributed by atoms with van der Waals surface area (Å²) >= 11 is 5.76. The van der Waals surface area contributed by atoms with Gasteiger partial charge in [0.15, 0.2) is 0 Å². The average Bonchev–Trinajstić information content (AvgIpc) is 2.28. The van der Waals surface area contributed by atoms with Gasteiger partial charge in [-0.15, -0.1) is 0 Å². The monoisotopic (exact) mass is 254 g/mol. The second-order valence-electron chi connectivity index (χ2n) is 3.96. The lowest BCUT2D eigenvalue weighted by Crippen LogP contribution is -2.22. The van der Waals surface area contributed by atoms with E-state index < -0.39 is 11.9 Å². The maximum absolute atomic E-state index is 11.6. The first-order chi connectivity index (χ1) is 7.91. The highest BCUT2D eigenvalue weighted by Crippen LogP contribution is 2.20. The van der Waals surface area contributed by atoms with E-state index in [2.05, 4.69) is 0 Å². The van der Waals surface area contributed by atoms with Gasteiger partial charge in [0.25, 0.3) is 0 Å². The summed E-state index contributed by atoms with van der Waals surface area (Å²) < 4.78 is 5.20. The van der Waals surface area contributed by atoms with Crippen LogP contribution in [-0.2, 0) is 14.3 Å². The number of esters is 1. The number of ketones is 1. The first-order valence-electron chi connectivity index (χ1n) is 5.38. The first-order valence-corrected chi connectivity index (χ1v) is 5.76. The van der Waals surface area contributed by atoms with Gasteiger partial charge in [0.05, 0.1) is 0 Å². The number of benzene rings is 1. The maximum Gasteiger partial charge on any atom is 0.316 e. The van der Waals surface area contributed by atoms with Crippen molar-refractivity contribution in [1.29, 1.82) is 0 Å². The second kappa shape index (κ2) is 5.82. The standard InChI is InChI=1S/C13H15ClO3/c1-8(9(2)15)13(16)17-10(3)11-4-6-12(14)7-5-11/h4-8,10H,1-3H3/t8?,10-/m0/s1. The number of rotatable bonds is 4. The van der Waals surface area contributed by atoms with Crippen molar-refractivity contribution in [3.63, 3.8) is 0 Å². The van der Waals surface area contributed by atoms with Crippen LogP contribution < -0.4 is 0 Å². The molecule has 0 spiro atoms. The highest BCUT2D eigenvalue weighted by atomic mass is 35.5. The Labute approximate surface area is 106 Å². The molecule has 0 radical (unpaired) electrons. The topological polar surface area (TPSA) is 43.4 Å². The smallest absolute Gasteiger partial charge is 0.316 e. The molecule has 3 nitrogen and oxygen atoms in total. The third kappa shape index (κ3) is 3.86. The normalized spacial score (nSPS) is 13.9. The zero-order valence-corrected chi connectivity index (χ0v) is 10.8. The quantitative estimate of drug-likeness (QED) is 0.612. The minimum atomic E-state index is -0.718. The van der Waals surface area contributed by atoms with Crippen LogP contribution in [0.5, 0.6) is 0 Å². The fraction of sp³-hybridized carbons (Fsp3) is 0.385. The first kappa shape index (κ1) is 13.7. The van der Waals surface area contributed by atoms with Gasteiger partial charge in [-0.05, 0) is 38.5 Å². The molecule has 1 rings (SSSR count). The Bertz CT molecular complexity index is 411. The molecule has 1 aromatic rings. The molecule has 17 heavy (non-hydrogen) atoms. The molecule has 4 heteroatoms. The largest absolute Gasteiger partial charge is 0.457 e. The molecule has 0 amide bonds. The minimum Gasteiger partial charge on any atom is -0.457 e. The van der Waals surface area contributed by atoms with Crippen LogP contribution in [0.4, 0.5) is 0 Å². The number of carbonyl (C=O) groups is 2. The van der Waals surface area contributed by atoms with Crippen LogP contribution in [0.15, 0.2) is 24.3 Å². The van der Waals surface area contributed by atoms with E-state index in [1.807, 2.05) is 0 Å². The molecule has 92 valence electrons. The molecule has 0 fully saturated rings. The predicted molar refractivity (Wildman–Crippen MR) is 65.8 cm³/mol. The Balaban J connectivity index is 2.66. The Morgan fingerprint density at radius 2 is 1.71 bits per heavy atom. The van der Waals surface area contributed by atoms with Crippen LogP contribution in [0.2, 0.25) is 5.02 Å². The van der Waals surface area contributed by atoms with Crippen molar-refractivity contribution in [3.8, 4) is 0 Å². The molecule has 0 saturated heterocycles. The molecule has 0 aliphatic rings. The Morgan fingerprint density at radius 3 is 2.18 bits per heavy atom. The average molecular weight is 255 g/mol. The van der Waals surface area contributed by atoms with Crippen LogP contribution >= 0.6 is 11.6 Å². The number of ether oxygens (including phenoxy) is 1. The van der Waals surface area contributed by atoms with Crippen molar-refractivity contribution in [2.45, 2.75) is 26.9 Å². The second-order valence-corrected chi connectivity index (χ2v) is 4.40. The lowest BCUT2D eigenvalue weighted by molar-refractivity contribution is -0.155. The van der Waals surface area contributed by atoms with E-state index in [4.69, 9.17) is 16.3 Å².